The maximum Gasteiger partial charge on any atom is 0.293 e. The van der Waals surface area contributed by atoms with Gasteiger partial charge in [0.1, 0.15) is 5.69 Å². The van der Waals surface area contributed by atoms with Crippen molar-refractivity contribution in [2.24, 2.45) is 0 Å². The van der Waals surface area contributed by atoms with Gasteiger partial charge in [-0.2, -0.15) is 0 Å². The summed E-state index contributed by atoms with van der Waals surface area (Å²) in [7, 11) is -4.01. The summed E-state index contributed by atoms with van der Waals surface area (Å²) in [5.74, 6) is 0.949. The van der Waals surface area contributed by atoms with Gasteiger partial charge in [0.25, 0.3) is 15.7 Å². The van der Waals surface area contributed by atoms with Gasteiger partial charge in [0, 0.05) is 17.2 Å². The Labute approximate surface area is 172 Å². The lowest BCUT2D eigenvalue weighted by Gasteiger charge is -2.08. The zero-order chi connectivity index (χ0) is 21.1. The second kappa shape index (κ2) is 7.80. The van der Waals surface area contributed by atoms with Gasteiger partial charge in [-0.1, -0.05) is 42.5 Å². The highest BCUT2D eigenvalue weighted by Gasteiger charge is 2.20. The molecule has 0 aliphatic rings. The number of sulfonamides is 1. The fourth-order valence-corrected chi connectivity index (χ4v) is 3.92. The minimum atomic E-state index is -4.01. The van der Waals surface area contributed by atoms with E-state index in [0.717, 1.165) is 5.56 Å². The number of aromatic nitrogens is 1. The number of rotatable bonds is 6. The molecular weight excluding hydrogens is 406 g/mol. The zero-order valence-electron chi connectivity index (χ0n) is 15.4. The number of nitro groups is 1. The molecule has 9 heteroatoms. The van der Waals surface area contributed by atoms with Crippen LogP contribution in [0.3, 0.4) is 0 Å². The second-order valence-electron chi connectivity index (χ2n) is 6.30. The minimum Gasteiger partial charge on any atom is -0.436 e. The van der Waals surface area contributed by atoms with Gasteiger partial charge in [0.2, 0.25) is 5.89 Å². The predicted octanol–water partition coefficient (Wildman–Crippen LogP) is 4.72. The van der Waals surface area contributed by atoms with Crippen molar-refractivity contribution in [1.82, 2.24) is 4.98 Å². The van der Waals surface area contributed by atoms with Crippen molar-refractivity contribution in [3.05, 3.63) is 95.2 Å². The topological polar surface area (TPSA) is 115 Å². The van der Waals surface area contributed by atoms with Gasteiger partial charge < -0.3 is 4.42 Å². The van der Waals surface area contributed by atoms with E-state index in [-0.39, 0.29) is 16.3 Å². The van der Waals surface area contributed by atoms with Crippen LogP contribution in [-0.2, 0) is 10.0 Å². The smallest absolute Gasteiger partial charge is 0.293 e. The van der Waals surface area contributed by atoms with Crippen molar-refractivity contribution in [3.63, 3.8) is 0 Å². The van der Waals surface area contributed by atoms with Crippen LogP contribution in [0.1, 0.15) is 0 Å². The summed E-state index contributed by atoms with van der Waals surface area (Å²) in [4.78, 5) is 14.7. The van der Waals surface area contributed by atoms with E-state index in [1.807, 2.05) is 30.3 Å². The number of nitrogens with zero attached hydrogens (tertiary/aromatic N) is 2. The molecule has 4 aromatic rings. The van der Waals surface area contributed by atoms with Gasteiger partial charge >= 0.3 is 0 Å². The highest BCUT2D eigenvalue weighted by molar-refractivity contribution is 7.92. The molecule has 30 heavy (non-hydrogen) atoms. The Kier molecular flexibility index (Phi) is 5.03. The van der Waals surface area contributed by atoms with Crippen LogP contribution < -0.4 is 4.72 Å². The molecule has 3 aromatic carbocycles. The van der Waals surface area contributed by atoms with E-state index in [0.29, 0.717) is 17.2 Å². The third-order valence-electron chi connectivity index (χ3n) is 4.32. The van der Waals surface area contributed by atoms with Crippen molar-refractivity contribution in [2.45, 2.75) is 4.90 Å². The van der Waals surface area contributed by atoms with E-state index in [9.17, 15) is 18.5 Å². The molecule has 1 heterocycles. The Morgan fingerprint density at radius 2 is 1.53 bits per heavy atom. The molecule has 0 saturated carbocycles. The molecular formula is C21H15N3O5S. The van der Waals surface area contributed by atoms with Crippen molar-refractivity contribution >= 4 is 21.4 Å². The summed E-state index contributed by atoms with van der Waals surface area (Å²) in [6.07, 6.45) is 1.60. The number of nitro benzene ring substituents is 1. The van der Waals surface area contributed by atoms with Gasteiger partial charge in [-0.05, 0) is 30.3 Å². The van der Waals surface area contributed by atoms with Crippen LogP contribution in [0.4, 0.5) is 11.4 Å². The molecule has 0 radical (unpaired) electrons. The Hall–Kier alpha value is -3.98. The first kappa shape index (κ1) is 19.3. The first-order chi connectivity index (χ1) is 14.4. The van der Waals surface area contributed by atoms with E-state index in [1.165, 1.54) is 36.4 Å². The highest BCUT2D eigenvalue weighted by atomic mass is 32.2. The molecule has 4 rings (SSSR count). The molecule has 1 N–H and O–H groups in total. The van der Waals surface area contributed by atoms with Gasteiger partial charge in [-0.25, -0.2) is 13.4 Å². The zero-order valence-corrected chi connectivity index (χ0v) is 16.2. The molecule has 1 aromatic heterocycles. The van der Waals surface area contributed by atoms with E-state index in [4.69, 9.17) is 4.42 Å². The maximum absolute atomic E-state index is 12.6. The number of benzene rings is 3. The van der Waals surface area contributed by atoms with E-state index < -0.39 is 14.9 Å². The average molecular weight is 421 g/mol. The fraction of sp³-hybridized carbons (Fsp3) is 0. The highest BCUT2D eigenvalue weighted by Crippen LogP contribution is 2.29. The third kappa shape index (κ3) is 3.91. The maximum atomic E-state index is 12.6. The lowest BCUT2D eigenvalue weighted by molar-refractivity contribution is -0.383. The normalized spacial score (nSPS) is 11.2. The van der Waals surface area contributed by atoms with Crippen LogP contribution in [0.5, 0.6) is 0 Å². The number of oxazole rings is 1. The van der Waals surface area contributed by atoms with Crippen molar-refractivity contribution in [3.8, 4) is 22.8 Å². The Morgan fingerprint density at radius 1 is 0.867 bits per heavy atom. The SMILES string of the molecule is O=[N+]([O-])c1ccccc1NS(=O)(=O)c1ccc(-c2ncc(-c3ccccc3)o2)cc1. The summed E-state index contributed by atoms with van der Waals surface area (Å²) < 4.78 is 33.3. The Morgan fingerprint density at radius 3 is 2.23 bits per heavy atom. The summed E-state index contributed by atoms with van der Waals surface area (Å²) >= 11 is 0. The summed E-state index contributed by atoms with van der Waals surface area (Å²) in [5, 5.41) is 11.1. The Balaban J connectivity index is 1.58. The largest absolute Gasteiger partial charge is 0.436 e. The Bertz CT molecular complexity index is 1300. The predicted molar refractivity (Wildman–Crippen MR) is 111 cm³/mol. The van der Waals surface area contributed by atoms with Crippen molar-refractivity contribution in [2.75, 3.05) is 4.72 Å². The van der Waals surface area contributed by atoms with Crippen LogP contribution in [0, 0.1) is 10.1 Å². The minimum absolute atomic E-state index is 0.0424. The monoisotopic (exact) mass is 421 g/mol. The van der Waals surface area contributed by atoms with Gasteiger partial charge in [0.15, 0.2) is 5.76 Å². The number of nitrogens with one attached hydrogen (secondary N) is 1. The van der Waals surface area contributed by atoms with Crippen LogP contribution in [0.25, 0.3) is 22.8 Å². The lowest BCUT2D eigenvalue weighted by atomic mass is 10.2. The number of hydrogen-bond donors (Lipinski definition) is 1. The molecule has 0 bridgehead atoms. The summed E-state index contributed by atoms with van der Waals surface area (Å²) in [5.41, 5.74) is 1.05. The molecule has 150 valence electrons. The van der Waals surface area contributed by atoms with Crippen LogP contribution in [0.15, 0.2) is 94.4 Å². The van der Waals surface area contributed by atoms with E-state index in [1.54, 1.807) is 18.3 Å². The van der Waals surface area contributed by atoms with E-state index >= 15 is 0 Å². The standard InChI is InChI=1S/C21H15N3O5S/c25-24(26)19-9-5-4-8-18(19)23-30(27,28)17-12-10-16(11-13-17)21-22-14-20(29-21)15-6-2-1-3-7-15/h1-14,23H. The van der Waals surface area contributed by atoms with Crippen molar-refractivity contribution < 1.29 is 17.8 Å². The molecule has 0 unspecified atom stereocenters. The molecule has 0 aliphatic carbocycles. The quantitative estimate of drug-likeness (QED) is 0.356. The first-order valence-corrected chi connectivity index (χ1v) is 10.3. The summed E-state index contributed by atoms with van der Waals surface area (Å²) in [6.45, 7) is 0. The molecule has 0 amide bonds. The van der Waals surface area contributed by atoms with Gasteiger partial charge in [-0.15, -0.1) is 0 Å². The van der Waals surface area contributed by atoms with Crippen LogP contribution in [0.2, 0.25) is 0 Å². The molecule has 0 fully saturated rings. The number of para-hydroxylation sites is 2. The molecule has 0 spiro atoms. The lowest BCUT2D eigenvalue weighted by Crippen LogP contribution is -2.14. The van der Waals surface area contributed by atoms with Crippen LogP contribution >= 0.6 is 0 Å². The van der Waals surface area contributed by atoms with Gasteiger partial charge in [0.05, 0.1) is 16.0 Å². The average Bonchev–Trinajstić information content (AvgIpc) is 3.25. The molecule has 0 aliphatic heterocycles. The second-order valence-corrected chi connectivity index (χ2v) is 7.98. The van der Waals surface area contributed by atoms with Crippen LogP contribution in [-0.4, -0.2) is 18.3 Å². The molecule has 0 saturated heterocycles. The number of hydrogen-bond acceptors (Lipinski definition) is 6. The summed E-state index contributed by atoms with van der Waals surface area (Å²) in [6, 6.07) is 20.9. The van der Waals surface area contributed by atoms with Crippen molar-refractivity contribution in [1.29, 1.82) is 0 Å². The fourth-order valence-electron chi connectivity index (χ4n) is 2.84. The number of anilines is 1. The molecule has 8 nitrogen and oxygen atoms in total. The van der Waals surface area contributed by atoms with E-state index in [2.05, 4.69) is 9.71 Å². The first-order valence-electron chi connectivity index (χ1n) is 8.82. The van der Waals surface area contributed by atoms with Gasteiger partial charge in [-0.3, -0.25) is 14.8 Å². The third-order valence-corrected chi connectivity index (χ3v) is 5.70. The molecule has 0 atom stereocenters.